The lowest BCUT2D eigenvalue weighted by Gasteiger charge is -2.19. The van der Waals surface area contributed by atoms with E-state index in [9.17, 15) is 4.79 Å². The lowest BCUT2D eigenvalue weighted by atomic mass is 10.1. The molecule has 0 aliphatic carbocycles. The zero-order valence-corrected chi connectivity index (χ0v) is 15.1. The van der Waals surface area contributed by atoms with Crippen LogP contribution in [0.3, 0.4) is 0 Å². The van der Waals surface area contributed by atoms with Gasteiger partial charge in [0.2, 0.25) is 5.89 Å². The Morgan fingerprint density at radius 3 is 3.15 bits per heavy atom. The van der Waals surface area contributed by atoms with E-state index in [2.05, 4.69) is 9.97 Å². The maximum atomic E-state index is 12.5. The molecule has 1 fully saturated rings. The fourth-order valence-corrected chi connectivity index (χ4v) is 3.21. The summed E-state index contributed by atoms with van der Waals surface area (Å²) >= 11 is 0. The topological polar surface area (TPSA) is 77.7 Å². The number of hydrogen-bond acceptors (Lipinski definition) is 6. The van der Waals surface area contributed by atoms with Crippen molar-refractivity contribution in [2.45, 2.75) is 25.6 Å². The second-order valence-electron chi connectivity index (χ2n) is 6.59. The van der Waals surface area contributed by atoms with Crippen molar-refractivity contribution in [1.82, 2.24) is 14.9 Å². The Morgan fingerprint density at radius 1 is 1.37 bits per heavy atom. The molecule has 0 saturated carbocycles. The second kappa shape index (κ2) is 7.75. The maximum absolute atomic E-state index is 12.5. The molecule has 1 aliphatic rings. The van der Waals surface area contributed by atoms with Gasteiger partial charge in [-0.05, 0) is 25.0 Å². The zero-order chi connectivity index (χ0) is 18.6. The van der Waals surface area contributed by atoms with Gasteiger partial charge in [0.15, 0.2) is 12.3 Å². The number of aromatic nitrogens is 2. The summed E-state index contributed by atoms with van der Waals surface area (Å²) in [5, 5.41) is 1.96. The fraction of sp³-hybridized carbons (Fsp3) is 0.350. The van der Waals surface area contributed by atoms with Gasteiger partial charge in [0, 0.05) is 43.4 Å². The van der Waals surface area contributed by atoms with Crippen molar-refractivity contribution >= 4 is 16.7 Å². The van der Waals surface area contributed by atoms with E-state index < -0.39 is 0 Å². The third kappa shape index (κ3) is 3.93. The summed E-state index contributed by atoms with van der Waals surface area (Å²) in [6.07, 6.45) is 7.02. The van der Waals surface area contributed by atoms with Crippen LogP contribution in [-0.2, 0) is 11.3 Å². The Labute approximate surface area is 156 Å². The minimum atomic E-state index is -0.184. The number of nitrogens with zero attached hydrogens (tertiary/aromatic N) is 3. The van der Waals surface area contributed by atoms with Crippen LogP contribution in [0.1, 0.15) is 29.2 Å². The molecule has 4 rings (SSSR count). The predicted molar refractivity (Wildman–Crippen MR) is 98.5 cm³/mol. The van der Waals surface area contributed by atoms with E-state index in [1.165, 1.54) is 6.26 Å². The van der Waals surface area contributed by atoms with Crippen LogP contribution < -0.4 is 4.74 Å². The standard InChI is InChI=1S/C20H21N3O4/c1-23(11-15-5-3-9-25-15)20(24)17-12-27-19(22-17)13-26-18-6-2-4-14-10-21-8-7-16(14)18/h2,4,6-8,10,12,15H,3,5,9,11,13H2,1H3/t15-/m1/s1. The Balaban J connectivity index is 1.39. The van der Waals surface area contributed by atoms with Crippen LogP contribution in [0.15, 0.2) is 47.3 Å². The Hall–Kier alpha value is -2.93. The molecule has 140 valence electrons. The molecule has 7 nitrogen and oxygen atoms in total. The van der Waals surface area contributed by atoms with Crippen LogP contribution in [0.5, 0.6) is 5.75 Å². The van der Waals surface area contributed by atoms with Crippen LogP contribution in [-0.4, -0.2) is 47.1 Å². The fourth-order valence-electron chi connectivity index (χ4n) is 3.21. The zero-order valence-electron chi connectivity index (χ0n) is 15.1. The molecule has 1 amide bonds. The number of ether oxygens (including phenoxy) is 2. The first kappa shape index (κ1) is 17.5. The van der Waals surface area contributed by atoms with Crippen LogP contribution in [0.4, 0.5) is 0 Å². The molecule has 0 bridgehead atoms. The highest BCUT2D eigenvalue weighted by atomic mass is 16.5. The van der Waals surface area contributed by atoms with E-state index in [4.69, 9.17) is 13.9 Å². The highest BCUT2D eigenvalue weighted by Gasteiger charge is 2.23. The van der Waals surface area contributed by atoms with Gasteiger partial charge in [-0.2, -0.15) is 0 Å². The van der Waals surface area contributed by atoms with Gasteiger partial charge in [-0.3, -0.25) is 9.78 Å². The summed E-state index contributed by atoms with van der Waals surface area (Å²) in [4.78, 5) is 22.5. The first-order valence-corrected chi connectivity index (χ1v) is 8.98. The summed E-state index contributed by atoms with van der Waals surface area (Å²) < 4.78 is 16.8. The second-order valence-corrected chi connectivity index (χ2v) is 6.59. The molecule has 27 heavy (non-hydrogen) atoms. The molecule has 0 unspecified atom stereocenters. The number of amides is 1. The minimum Gasteiger partial charge on any atom is -0.483 e. The molecule has 0 spiro atoms. The van der Waals surface area contributed by atoms with Gasteiger partial charge in [-0.15, -0.1) is 0 Å². The van der Waals surface area contributed by atoms with Gasteiger partial charge in [0.25, 0.3) is 5.91 Å². The third-order valence-corrected chi connectivity index (χ3v) is 4.61. The summed E-state index contributed by atoms with van der Waals surface area (Å²) in [5.74, 6) is 0.892. The number of benzene rings is 1. The monoisotopic (exact) mass is 367 g/mol. The van der Waals surface area contributed by atoms with Crippen molar-refractivity contribution in [3.8, 4) is 5.75 Å². The maximum Gasteiger partial charge on any atom is 0.275 e. The minimum absolute atomic E-state index is 0.106. The Kier molecular flexibility index (Phi) is 5.02. The van der Waals surface area contributed by atoms with Gasteiger partial charge >= 0.3 is 0 Å². The van der Waals surface area contributed by atoms with Gasteiger partial charge in [-0.1, -0.05) is 12.1 Å². The van der Waals surface area contributed by atoms with Gasteiger partial charge < -0.3 is 18.8 Å². The van der Waals surface area contributed by atoms with Crippen LogP contribution >= 0.6 is 0 Å². The molecule has 1 aliphatic heterocycles. The van der Waals surface area contributed by atoms with Crippen molar-refractivity contribution in [3.63, 3.8) is 0 Å². The summed E-state index contributed by atoms with van der Waals surface area (Å²) in [6.45, 7) is 1.47. The first-order chi connectivity index (χ1) is 13.2. The number of carbonyl (C=O) groups is 1. The number of hydrogen-bond donors (Lipinski definition) is 0. The molecule has 3 heterocycles. The quantitative estimate of drug-likeness (QED) is 0.666. The third-order valence-electron chi connectivity index (χ3n) is 4.61. The van der Waals surface area contributed by atoms with Crippen molar-refractivity contribution in [2.75, 3.05) is 20.2 Å². The Bertz CT molecular complexity index is 928. The highest BCUT2D eigenvalue weighted by Crippen LogP contribution is 2.25. The largest absolute Gasteiger partial charge is 0.483 e. The van der Waals surface area contributed by atoms with Crippen molar-refractivity contribution < 1.29 is 18.7 Å². The van der Waals surface area contributed by atoms with E-state index in [0.717, 1.165) is 36.0 Å². The van der Waals surface area contributed by atoms with E-state index >= 15 is 0 Å². The van der Waals surface area contributed by atoms with E-state index in [1.807, 2.05) is 24.3 Å². The molecule has 2 aromatic heterocycles. The van der Waals surface area contributed by atoms with E-state index in [-0.39, 0.29) is 24.3 Å². The van der Waals surface area contributed by atoms with Gasteiger partial charge in [-0.25, -0.2) is 4.98 Å². The summed E-state index contributed by atoms with van der Waals surface area (Å²) in [6, 6.07) is 7.66. The number of rotatable bonds is 6. The molecular formula is C20H21N3O4. The average molecular weight is 367 g/mol. The number of pyridine rings is 1. The molecule has 1 aromatic carbocycles. The molecular weight excluding hydrogens is 346 g/mol. The van der Waals surface area contributed by atoms with Crippen LogP contribution in [0, 0.1) is 0 Å². The summed E-state index contributed by atoms with van der Waals surface area (Å²) in [7, 11) is 1.75. The molecule has 1 atom stereocenters. The normalized spacial score (nSPS) is 16.6. The van der Waals surface area contributed by atoms with Crippen LogP contribution in [0.2, 0.25) is 0 Å². The number of likely N-dealkylation sites (N-methyl/N-ethyl adjacent to an activating group) is 1. The van der Waals surface area contributed by atoms with Crippen molar-refractivity contribution in [3.05, 3.63) is 54.5 Å². The van der Waals surface area contributed by atoms with Crippen molar-refractivity contribution in [1.29, 1.82) is 0 Å². The van der Waals surface area contributed by atoms with E-state index in [1.54, 1.807) is 24.3 Å². The Morgan fingerprint density at radius 2 is 2.30 bits per heavy atom. The van der Waals surface area contributed by atoms with Gasteiger partial charge in [0.1, 0.15) is 12.0 Å². The molecule has 1 saturated heterocycles. The predicted octanol–water partition coefficient (Wildman–Crippen LogP) is 3.05. The smallest absolute Gasteiger partial charge is 0.275 e. The lowest BCUT2D eigenvalue weighted by Crippen LogP contribution is -2.34. The molecule has 7 heteroatoms. The van der Waals surface area contributed by atoms with Gasteiger partial charge in [0.05, 0.1) is 6.10 Å². The van der Waals surface area contributed by atoms with Crippen LogP contribution in [0.25, 0.3) is 10.8 Å². The first-order valence-electron chi connectivity index (χ1n) is 8.98. The molecule has 0 N–H and O–H groups in total. The number of fused-ring (bicyclic) bond motifs is 1. The van der Waals surface area contributed by atoms with Crippen molar-refractivity contribution in [2.24, 2.45) is 0 Å². The van der Waals surface area contributed by atoms with E-state index in [0.29, 0.717) is 12.4 Å². The SMILES string of the molecule is CN(C[C@H]1CCCO1)C(=O)c1coc(COc2cccc3cnccc23)n1. The molecule has 0 radical (unpaired) electrons. The summed E-state index contributed by atoms with van der Waals surface area (Å²) in [5.41, 5.74) is 0.274. The average Bonchev–Trinajstić information content (AvgIpc) is 3.37. The molecule has 3 aromatic rings. The number of carbonyl (C=O) groups excluding carboxylic acids is 1. The number of oxazole rings is 1. The highest BCUT2D eigenvalue weighted by molar-refractivity contribution is 5.91. The lowest BCUT2D eigenvalue weighted by molar-refractivity contribution is 0.0582.